The molecule has 30 heavy (non-hydrogen) atoms. The van der Waals surface area contributed by atoms with Gasteiger partial charge in [-0.05, 0) is 37.6 Å². The van der Waals surface area contributed by atoms with Crippen molar-refractivity contribution in [3.05, 3.63) is 66.2 Å². The van der Waals surface area contributed by atoms with Crippen LogP contribution >= 0.6 is 0 Å². The van der Waals surface area contributed by atoms with E-state index in [1.165, 1.54) is 6.20 Å². The molecule has 1 amide bonds. The lowest BCUT2D eigenvalue weighted by Crippen LogP contribution is -2.19. The van der Waals surface area contributed by atoms with E-state index in [0.717, 1.165) is 16.8 Å². The molecular formula is C21H20N6O3. The summed E-state index contributed by atoms with van der Waals surface area (Å²) in [5.41, 5.74) is 3.90. The lowest BCUT2D eigenvalue weighted by molar-refractivity contribution is -0.116. The smallest absolute Gasteiger partial charge is 0.343 e. The second-order valence-corrected chi connectivity index (χ2v) is 6.69. The number of anilines is 1. The summed E-state index contributed by atoms with van der Waals surface area (Å²) in [6, 6.07) is 9.18. The van der Waals surface area contributed by atoms with E-state index in [0.29, 0.717) is 16.9 Å². The van der Waals surface area contributed by atoms with Gasteiger partial charge in [-0.15, -0.1) is 0 Å². The van der Waals surface area contributed by atoms with Gasteiger partial charge in [0.2, 0.25) is 5.91 Å². The zero-order valence-corrected chi connectivity index (χ0v) is 16.6. The van der Waals surface area contributed by atoms with Gasteiger partial charge >= 0.3 is 5.97 Å². The number of amides is 1. The van der Waals surface area contributed by atoms with Gasteiger partial charge in [0.05, 0.1) is 24.7 Å². The topological polar surface area (TPSA) is 103 Å². The molecule has 152 valence electrons. The lowest BCUT2D eigenvalue weighted by Gasteiger charge is -2.09. The summed E-state index contributed by atoms with van der Waals surface area (Å²) in [5.74, 6) is -0.647. The molecule has 9 heteroatoms. The van der Waals surface area contributed by atoms with Crippen molar-refractivity contribution in [3.8, 4) is 11.3 Å². The van der Waals surface area contributed by atoms with Gasteiger partial charge in [-0.3, -0.25) is 9.48 Å². The van der Waals surface area contributed by atoms with Crippen molar-refractivity contribution in [3.63, 3.8) is 0 Å². The Bertz CT molecular complexity index is 1230. The van der Waals surface area contributed by atoms with Crippen molar-refractivity contribution in [2.45, 2.75) is 20.4 Å². The first-order chi connectivity index (χ1) is 14.5. The summed E-state index contributed by atoms with van der Waals surface area (Å²) in [6.45, 7) is 4.06. The van der Waals surface area contributed by atoms with Crippen LogP contribution in [0.1, 0.15) is 22.8 Å². The highest BCUT2D eigenvalue weighted by atomic mass is 16.5. The molecule has 1 aromatic carbocycles. The van der Waals surface area contributed by atoms with Crippen molar-refractivity contribution in [1.29, 1.82) is 0 Å². The monoisotopic (exact) mass is 404 g/mol. The van der Waals surface area contributed by atoms with Gasteiger partial charge in [0.25, 0.3) is 0 Å². The van der Waals surface area contributed by atoms with Crippen molar-refractivity contribution in [2.75, 3.05) is 11.9 Å². The van der Waals surface area contributed by atoms with Crippen LogP contribution in [0.4, 0.5) is 5.69 Å². The number of ether oxygens (including phenoxy) is 1. The molecule has 0 fully saturated rings. The number of aryl methyl sites for hydroxylation is 1. The van der Waals surface area contributed by atoms with Crippen LogP contribution in [-0.2, 0) is 16.1 Å². The Morgan fingerprint density at radius 2 is 2.03 bits per heavy atom. The first-order valence-electron chi connectivity index (χ1n) is 9.44. The molecule has 0 spiro atoms. The Hall–Kier alpha value is -4.01. The highest BCUT2D eigenvalue weighted by molar-refractivity contribution is 5.96. The number of hydrogen-bond donors (Lipinski definition) is 1. The third-order valence-corrected chi connectivity index (χ3v) is 4.41. The molecule has 0 atom stereocenters. The van der Waals surface area contributed by atoms with Crippen LogP contribution < -0.4 is 5.32 Å². The van der Waals surface area contributed by atoms with E-state index < -0.39 is 5.97 Å². The van der Waals surface area contributed by atoms with E-state index in [9.17, 15) is 9.59 Å². The van der Waals surface area contributed by atoms with E-state index in [4.69, 9.17) is 4.74 Å². The zero-order valence-electron chi connectivity index (χ0n) is 16.6. The summed E-state index contributed by atoms with van der Waals surface area (Å²) in [6.07, 6.45) is 6.57. The number of carbonyl (C=O) groups is 2. The maximum absolute atomic E-state index is 12.3. The van der Waals surface area contributed by atoms with Crippen LogP contribution in [0.3, 0.4) is 0 Å². The van der Waals surface area contributed by atoms with Crippen LogP contribution in [0, 0.1) is 6.92 Å². The van der Waals surface area contributed by atoms with Crippen LogP contribution in [0.15, 0.2) is 55.1 Å². The second-order valence-electron chi connectivity index (χ2n) is 6.69. The van der Waals surface area contributed by atoms with Gasteiger partial charge < -0.3 is 10.1 Å². The highest BCUT2D eigenvalue weighted by Crippen LogP contribution is 2.24. The number of benzene rings is 1. The Labute approximate surface area is 172 Å². The molecule has 3 heterocycles. The summed E-state index contributed by atoms with van der Waals surface area (Å²) in [7, 11) is 0. The Balaban J connectivity index is 1.60. The molecule has 4 aromatic rings. The van der Waals surface area contributed by atoms with E-state index in [1.54, 1.807) is 40.6 Å². The van der Waals surface area contributed by atoms with Crippen LogP contribution in [0.2, 0.25) is 0 Å². The molecule has 0 radical (unpaired) electrons. The average Bonchev–Trinajstić information content (AvgIpc) is 3.34. The van der Waals surface area contributed by atoms with Gasteiger partial charge in [-0.2, -0.15) is 10.2 Å². The van der Waals surface area contributed by atoms with Gasteiger partial charge in [0.1, 0.15) is 12.1 Å². The number of hydrogen-bond acceptors (Lipinski definition) is 6. The summed E-state index contributed by atoms with van der Waals surface area (Å²) in [4.78, 5) is 28.7. The molecule has 4 rings (SSSR count). The number of fused-ring (bicyclic) bond motifs is 1. The summed E-state index contributed by atoms with van der Waals surface area (Å²) < 4.78 is 8.23. The molecule has 3 aromatic heterocycles. The normalized spacial score (nSPS) is 10.9. The molecule has 0 unspecified atom stereocenters. The maximum Gasteiger partial charge on any atom is 0.343 e. The lowest BCUT2D eigenvalue weighted by atomic mass is 10.1. The standard InChI is InChI=1S/C21H20N6O3/c1-3-30-21(29)17-11-24-27-18(7-8-22-20(17)27)15-5-4-6-16(9-15)25-19(28)13-26-12-14(2)10-23-26/h4-12H,3,13H2,1-2H3,(H,25,28). The number of rotatable bonds is 6. The number of esters is 1. The Morgan fingerprint density at radius 1 is 1.17 bits per heavy atom. The minimum Gasteiger partial charge on any atom is -0.462 e. The molecule has 1 N–H and O–H groups in total. The molecule has 0 aliphatic heterocycles. The number of nitrogens with zero attached hydrogens (tertiary/aromatic N) is 5. The van der Waals surface area contributed by atoms with Crippen molar-refractivity contribution in [2.24, 2.45) is 0 Å². The van der Waals surface area contributed by atoms with Gasteiger partial charge in [-0.25, -0.2) is 14.3 Å². The third-order valence-electron chi connectivity index (χ3n) is 4.41. The molecule has 0 aliphatic carbocycles. The average molecular weight is 404 g/mol. The fourth-order valence-electron chi connectivity index (χ4n) is 3.12. The fraction of sp³-hybridized carbons (Fsp3) is 0.190. The molecule has 0 bridgehead atoms. The minimum atomic E-state index is -0.466. The first-order valence-corrected chi connectivity index (χ1v) is 9.44. The van der Waals surface area contributed by atoms with Gasteiger partial charge in [0, 0.05) is 23.6 Å². The predicted molar refractivity (Wildman–Crippen MR) is 110 cm³/mol. The Morgan fingerprint density at radius 3 is 2.80 bits per heavy atom. The quantitative estimate of drug-likeness (QED) is 0.496. The predicted octanol–water partition coefficient (Wildman–Crippen LogP) is 2.72. The number of nitrogens with one attached hydrogen (secondary N) is 1. The van der Waals surface area contributed by atoms with E-state index in [2.05, 4.69) is 20.5 Å². The number of aromatic nitrogens is 5. The maximum atomic E-state index is 12.3. The first kappa shape index (κ1) is 19.3. The van der Waals surface area contributed by atoms with Crippen LogP contribution in [0.5, 0.6) is 0 Å². The molecular weight excluding hydrogens is 384 g/mol. The van der Waals surface area contributed by atoms with Crippen LogP contribution in [0.25, 0.3) is 16.9 Å². The fourth-order valence-corrected chi connectivity index (χ4v) is 3.12. The van der Waals surface area contributed by atoms with Gasteiger partial charge in [0.15, 0.2) is 5.65 Å². The number of carbonyl (C=O) groups excluding carboxylic acids is 2. The summed E-state index contributed by atoms with van der Waals surface area (Å²) >= 11 is 0. The zero-order chi connectivity index (χ0) is 21.1. The molecule has 9 nitrogen and oxygen atoms in total. The highest BCUT2D eigenvalue weighted by Gasteiger charge is 2.17. The largest absolute Gasteiger partial charge is 0.462 e. The van der Waals surface area contributed by atoms with Crippen molar-refractivity contribution >= 4 is 23.2 Å². The van der Waals surface area contributed by atoms with Gasteiger partial charge in [-0.1, -0.05) is 12.1 Å². The second kappa shape index (κ2) is 8.16. The van der Waals surface area contributed by atoms with E-state index in [-0.39, 0.29) is 19.1 Å². The van der Waals surface area contributed by atoms with Crippen LogP contribution in [-0.4, -0.2) is 42.9 Å². The third kappa shape index (κ3) is 3.90. The summed E-state index contributed by atoms with van der Waals surface area (Å²) in [5, 5.41) is 11.3. The minimum absolute atomic E-state index is 0.125. The van der Waals surface area contributed by atoms with E-state index in [1.807, 2.05) is 31.3 Å². The van der Waals surface area contributed by atoms with E-state index >= 15 is 0 Å². The Kier molecular flexibility index (Phi) is 5.25. The molecule has 0 saturated heterocycles. The molecule has 0 aliphatic rings. The van der Waals surface area contributed by atoms with Crippen molar-refractivity contribution < 1.29 is 14.3 Å². The SMILES string of the molecule is CCOC(=O)c1cnn2c(-c3cccc(NC(=O)Cn4cc(C)cn4)c3)ccnc12. The van der Waals surface area contributed by atoms with Crippen molar-refractivity contribution in [1.82, 2.24) is 24.4 Å². The molecule has 0 saturated carbocycles.